The van der Waals surface area contributed by atoms with Gasteiger partial charge in [0.25, 0.3) is 0 Å². The van der Waals surface area contributed by atoms with Crippen molar-refractivity contribution >= 4 is 5.91 Å². The van der Waals surface area contributed by atoms with Gasteiger partial charge in [0.05, 0.1) is 0 Å². The summed E-state index contributed by atoms with van der Waals surface area (Å²) in [6, 6.07) is 7.60. The molecule has 1 aromatic rings. The van der Waals surface area contributed by atoms with Gasteiger partial charge >= 0.3 is 0 Å². The second kappa shape index (κ2) is 2.99. The average molecular weight is 203 g/mol. The lowest BCUT2D eigenvalue weighted by Crippen LogP contribution is -2.29. The molecule has 3 heteroatoms. The van der Waals surface area contributed by atoms with Gasteiger partial charge < -0.3 is 10.0 Å². The molecule has 4 rings (SSSR count). The first-order valence-electron chi connectivity index (χ1n) is 5.32. The van der Waals surface area contributed by atoms with Crippen LogP contribution in [0.4, 0.5) is 0 Å². The fraction of sp³-hybridized carbons (Fsp3) is 0.417. The van der Waals surface area contributed by atoms with Gasteiger partial charge in [-0.3, -0.25) is 4.79 Å². The molecule has 0 spiro atoms. The molecule has 2 heterocycles. The SMILES string of the molecule is O=C1C2CC(C2)N1Cc1cccc(O)c1. The average Bonchev–Trinajstić information content (AvgIpc) is 2.55. The highest BCUT2D eigenvalue weighted by atomic mass is 16.3. The smallest absolute Gasteiger partial charge is 0.226 e. The first-order chi connectivity index (χ1) is 7.24. The third-order valence-electron chi connectivity index (χ3n) is 3.45. The molecular formula is C12H13NO2. The number of nitrogens with zero attached hydrogens (tertiary/aromatic N) is 1. The number of fused-ring (bicyclic) bond motifs is 1. The molecule has 0 radical (unpaired) electrons. The van der Waals surface area contributed by atoms with Gasteiger partial charge in [0.15, 0.2) is 0 Å². The van der Waals surface area contributed by atoms with Crippen LogP contribution in [0.2, 0.25) is 0 Å². The van der Waals surface area contributed by atoms with Crippen LogP contribution in [0.15, 0.2) is 24.3 Å². The quantitative estimate of drug-likeness (QED) is 0.791. The zero-order valence-electron chi connectivity index (χ0n) is 8.39. The minimum atomic E-state index is 0.270. The van der Waals surface area contributed by atoms with Crippen LogP contribution in [0.5, 0.6) is 5.75 Å². The second-order valence-electron chi connectivity index (χ2n) is 4.46. The van der Waals surface area contributed by atoms with E-state index in [2.05, 4.69) is 0 Å². The summed E-state index contributed by atoms with van der Waals surface area (Å²) in [5, 5.41) is 9.33. The Kier molecular flexibility index (Phi) is 1.75. The summed E-state index contributed by atoms with van der Waals surface area (Å²) in [6.45, 7) is 0.647. The minimum absolute atomic E-state index is 0.270. The van der Waals surface area contributed by atoms with Crippen LogP contribution in [-0.4, -0.2) is 22.0 Å². The van der Waals surface area contributed by atoms with Crippen LogP contribution in [-0.2, 0) is 11.3 Å². The van der Waals surface area contributed by atoms with E-state index in [0.29, 0.717) is 24.4 Å². The van der Waals surface area contributed by atoms with Gasteiger partial charge in [0, 0.05) is 18.5 Å². The fourth-order valence-corrected chi connectivity index (χ4v) is 2.52. The van der Waals surface area contributed by atoms with Crippen molar-refractivity contribution in [1.29, 1.82) is 0 Å². The first-order valence-corrected chi connectivity index (χ1v) is 5.32. The second-order valence-corrected chi connectivity index (χ2v) is 4.46. The monoisotopic (exact) mass is 203 g/mol. The number of aromatic hydroxyl groups is 1. The van der Waals surface area contributed by atoms with Crippen molar-refractivity contribution in [2.75, 3.05) is 0 Å². The number of carbonyl (C=O) groups excluding carboxylic acids is 1. The number of benzene rings is 1. The van der Waals surface area contributed by atoms with E-state index in [1.54, 1.807) is 12.1 Å². The van der Waals surface area contributed by atoms with Gasteiger partial charge in [-0.1, -0.05) is 12.1 Å². The van der Waals surface area contributed by atoms with Gasteiger partial charge in [0.1, 0.15) is 5.75 Å². The van der Waals surface area contributed by atoms with E-state index in [0.717, 1.165) is 18.4 Å². The van der Waals surface area contributed by atoms with Crippen molar-refractivity contribution < 1.29 is 9.90 Å². The molecule has 1 aromatic carbocycles. The van der Waals surface area contributed by atoms with Gasteiger partial charge in [0.2, 0.25) is 5.91 Å². The topological polar surface area (TPSA) is 40.5 Å². The van der Waals surface area contributed by atoms with Gasteiger partial charge in [-0.05, 0) is 30.5 Å². The Balaban J connectivity index is 1.78. The summed E-state index contributed by atoms with van der Waals surface area (Å²) in [6.07, 6.45) is 2.08. The summed E-state index contributed by atoms with van der Waals surface area (Å²) >= 11 is 0. The maximum atomic E-state index is 11.7. The highest BCUT2D eigenvalue weighted by Crippen LogP contribution is 2.42. The molecule has 2 aliphatic heterocycles. The van der Waals surface area contributed by atoms with Crippen molar-refractivity contribution in [3.05, 3.63) is 29.8 Å². The summed E-state index contributed by atoms with van der Waals surface area (Å²) in [4.78, 5) is 13.6. The largest absolute Gasteiger partial charge is 0.508 e. The van der Waals surface area contributed by atoms with Crippen molar-refractivity contribution in [2.24, 2.45) is 5.92 Å². The van der Waals surface area contributed by atoms with Crippen molar-refractivity contribution in [1.82, 2.24) is 4.90 Å². The standard InChI is InChI=1S/C12H13NO2/c14-11-3-1-2-8(4-11)7-13-10-5-9(6-10)12(13)15/h1-4,9-10,14H,5-7H2. The Hall–Kier alpha value is -1.51. The molecule has 1 N–H and O–H groups in total. The molecule has 15 heavy (non-hydrogen) atoms. The molecule has 1 amide bonds. The Bertz CT molecular complexity index is 410. The van der Waals surface area contributed by atoms with Gasteiger partial charge in [-0.15, -0.1) is 0 Å². The zero-order chi connectivity index (χ0) is 10.4. The van der Waals surface area contributed by atoms with Crippen LogP contribution in [0, 0.1) is 5.92 Å². The van der Waals surface area contributed by atoms with Crippen molar-refractivity contribution in [3.63, 3.8) is 0 Å². The van der Waals surface area contributed by atoms with Crippen LogP contribution in [0.25, 0.3) is 0 Å². The number of phenolic OH excluding ortho intramolecular Hbond substituents is 1. The fourth-order valence-electron chi connectivity index (χ4n) is 2.52. The number of rotatable bonds is 2. The Labute approximate surface area is 88.3 Å². The normalized spacial score (nSPS) is 28.0. The maximum absolute atomic E-state index is 11.7. The molecule has 2 saturated heterocycles. The predicted octanol–water partition coefficient (Wildman–Crippen LogP) is 1.51. The summed E-state index contributed by atoms with van der Waals surface area (Å²) in [5.41, 5.74) is 1.01. The number of amides is 1. The lowest BCUT2D eigenvalue weighted by Gasteiger charge is -2.25. The molecule has 78 valence electrons. The van der Waals surface area contributed by atoms with Crippen LogP contribution >= 0.6 is 0 Å². The molecule has 2 bridgehead atoms. The summed E-state index contributed by atoms with van der Waals surface area (Å²) in [7, 11) is 0. The Morgan fingerprint density at radius 1 is 1.40 bits per heavy atom. The van der Waals surface area contributed by atoms with E-state index in [1.165, 1.54) is 0 Å². The van der Waals surface area contributed by atoms with E-state index in [-0.39, 0.29) is 5.75 Å². The van der Waals surface area contributed by atoms with Gasteiger partial charge in [-0.25, -0.2) is 0 Å². The lowest BCUT2D eigenvalue weighted by atomic mass is 9.86. The van der Waals surface area contributed by atoms with Crippen LogP contribution in [0.3, 0.4) is 0 Å². The van der Waals surface area contributed by atoms with E-state index in [1.807, 2.05) is 17.0 Å². The highest BCUT2D eigenvalue weighted by Gasteiger charge is 2.49. The van der Waals surface area contributed by atoms with E-state index >= 15 is 0 Å². The molecule has 1 aliphatic carbocycles. The zero-order valence-corrected chi connectivity index (χ0v) is 8.39. The molecule has 0 aromatic heterocycles. The number of phenols is 1. The number of hydrogen-bond donors (Lipinski definition) is 1. The highest BCUT2D eigenvalue weighted by molar-refractivity contribution is 5.84. The Morgan fingerprint density at radius 2 is 2.20 bits per heavy atom. The lowest BCUT2D eigenvalue weighted by molar-refractivity contribution is -0.129. The van der Waals surface area contributed by atoms with Crippen molar-refractivity contribution in [2.45, 2.75) is 25.4 Å². The van der Waals surface area contributed by atoms with E-state index in [4.69, 9.17) is 0 Å². The molecule has 3 nitrogen and oxygen atoms in total. The molecule has 3 fully saturated rings. The molecule has 1 saturated carbocycles. The third kappa shape index (κ3) is 1.30. The molecular weight excluding hydrogens is 190 g/mol. The summed E-state index contributed by atoms with van der Waals surface area (Å²) < 4.78 is 0. The van der Waals surface area contributed by atoms with E-state index in [9.17, 15) is 9.90 Å². The number of hydrogen-bond acceptors (Lipinski definition) is 2. The van der Waals surface area contributed by atoms with E-state index < -0.39 is 0 Å². The molecule has 0 unspecified atom stereocenters. The Morgan fingerprint density at radius 3 is 2.80 bits per heavy atom. The van der Waals surface area contributed by atoms with Gasteiger partial charge in [-0.2, -0.15) is 0 Å². The predicted molar refractivity (Wildman–Crippen MR) is 55.2 cm³/mol. The third-order valence-corrected chi connectivity index (χ3v) is 3.45. The number of carbonyl (C=O) groups is 1. The minimum Gasteiger partial charge on any atom is -0.508 e. The van der Waals surface area contributed by atoms with Crippen LogP contribution < -0.4 is 0 Å². The maximum Gasteiger partial charge on any atom is 0.226 e. The first kappa shape index (κ1) is 8.77. The van der Waals surface area contributed by atoms with Crippen molar-refractivity contribution in [3.8, 4) is 5.75 Å². The molecule has 3 aliphatic rings. The molecule has 0 atom stereocenters. The van der Waals surface area contributed by atoms with Crippen LogP contribution in [0.1, 0.15) is 18.4 Å². The summed E-state index contributed by atoms with van der Waals surface area (Å²) in [5.74, 6) is 0.863.